The van der Waals surface area contributed by atoms with Crippen molar-refractivity contribution in [2.24, 2.45) is 0 Å². The third-order valence-corrected chi connectivity index (χ3v) is 3.62. The topological polar surface area (TPSA) is 47.6 Å². The molecule has 122 valence electrons. The zero-order valence-corrected chi connectivity index (χ0v) is 13.6. The van der Waals surface area contributed by atoms with Crippen molar-refractivity contribution in [2.45, 2.75) is 19.1 Å². The van der Waals surface area contributed by atoms with Gasteiger partial charge >= 0.3 is 5.97 Å². The number of hydrogen-bond donors (Lipinski definition) is 1. The number of carbonyl (C=O) groups is 1. The molecule has 23 heavy (non-hydrogen) atoms. The van der Waals surface area contributed by atoms with Crippen LogP contribution in [0, 0.1) is 0 Å². The molecule has 0 amide bonds. The fourth-order valence-corrected chi connectivity index (χ4v) is 2.40. The second kappa shape index (κ2) is 8.56. The lowest BCUT2D eigenvalue weighted by atomic mass is 10.2. The molecule has 1 saturated heterocycles. The van der Waals surface area contributed by atoms with E-state index in [1.807, 2.05) is 42.5 Å². The van der Waals surface area contributed by atoms with Crippen molar-refractivity contribution in [3.8, 4) is 5.75 Å². The van der Waals surface area contributed by atoms with Crippen molar-refractivity contribution in [2.75, 3.05) is 13.1 Å². The average molecular weight is 334 g/mol. The van der Waals surface area contributed by atoms with Gasteiger partial charge in [-0.25, -0.2) is 4.79 Å². The highest BCUT2D eigenvalue weighted by atomic mass is 35.5. The molecule has 1 aliphatic rings. The first-order valence-electron chi connectivity index (χ1n) is 7.50. The van der Waals surface area contributed by atoms with Crippen molar-refractivity contribution in [3.63, 3.8) is 0 Å². The normalized spacial score (nSPS) is 16.4. The second-order valence-electron chi connectivity index (χ2n) is 5.32. The van der Waals surface area contributed by atoms with Gasteiger partial charge in [-0.1, -0.05) is 30.3 Å². The van der Waals surface area contributed by atoms with Gasteiger partial charge in [-0.2, -0.15) is 0 Å². The number of benzene rings is 2. The SMILES string of the molecule is Cl.O=C(OCc1ccccc1)c1ccc(OC2CCNC2)cc1. The number of ether oxygens (including phenoxy) is 2. The molecule has 0 bridgehead atoms. The smallest absolute Gasteiger partial charge is 0.338 e. The summed E-state index contributed by atoms with van der Waals surface area (Å²) in [6, 6.07) is 16.8. The highest BCUT2D eigenvalue weighted by Crippen LogP contribution is 2.17. The molecule has 0 aromatic heterocycles. The summed E-state index contributed by atoms with van der Waals surface area (Å²) >= 11 is 0. The summed E-state index contributed by atoms with van der Waals surface area (Å²) in [6.45, 7) is 2.15. The summed E-state index contributed by atoms with van der Waals surface area (Å²) in [5.41, 5.74) is 1.51. The van der Waals surface area contributed by atoms with Crippen LogP contribution in [-0.4, -0.2) is 25.2 Å². The minimum Gasteiger partial charge on any atom is -0.489 e. The van der Waals surface area contributed by atoms with Gasteiger partial charge in [-0.05, 0) is 42.8 Å². The third kappa shape index (κ3) is 4.98. The summed E-state index contributed by atoms with van der Waals surface area (Å²) in [4.78, 5) is 12.0. The minimum atomic E-state index is -0.321. The van der Waals surface area contributed by atoms with Crippen molar-refractivity contribution in [3.05, 3.63) is 65.7 Å². The van der Waals surface area contributed by atoms with E-state index >= 15 is 0 Å². The van der Waals surface area contributed by atoms with E-state index in [9.17, 15) is 4.79 Å². The second-order valence-corrected chi connectivity index (χ2v) is 5.32. The Labute approximate surface area is 142 Å². The molecule has 0 saturated carbocycles. The number of nitrogens with one attached hydrogen (secondary N) is 1. The number of esters is 1. The molecule has 5 heteroatoms. The van der Waals surface area contributed by atoms with E-state index in [1.165, 1.54) is 0 Å². The van der Waals surface area contributed by atoms with E-state index in [-0.39, 0.29) is 31.1 Å². The van der Waals surface area contributed by atoms with Crippen LogP contribution in [0.1, 0.15) is 22.3 Å². The Morgan fingerprint density at radius 1 is 1.09 bits per heavy atom. The van der Waals surface area contributed by atoms with Crippen molar-refractivity contribution in [1.82, 2.24) is 5.32 Å². The Bertz CT molecular complexity index is 610. The van der Waals surface area contributed by atoms with Crippen molar-refractivity contribution >= 4 is 18.4 Å². The predicted molar refractivity (Wildman–Crippen MR) is 91.2 cm³/mol. The fourth-order valence-electron chi connectivity index (χ4n) is 2.40. The zero-order valence-electron chi connectivity index (χ0n) is 12.7. The van der Waals surface area contributed by atoms with Crippen LogP contribution < -0.4 is 10.1 Å². The zero-order chi connectivity index (χ0) is 15.2. The molecule has 0 aliphatic carbocycles. The lowest BCUT2D eigenvalue weighted by Crippen LogP contribution is -2.19. The minimum absolute atomic E-state index is 0. The highest BCUT2D eigenvalue weighted by Gasteiger charge is 2.16. The van der Waals surface area contributed by atoms with Crippen LogP contribution in [0.15, 0.2) is 54.6 Å². The van der Waals surface area contributed by atoms with Gasteiger partial charge in [-0.15, -0.1) is 12.4 Å². The Kier molecular flexibility index (Phi) is 6.44. The highest BCUT2D eigenvalue weighted by molar-refractivity contribution is 5.89. The van der Waals surface area contributed by atoms with Crippen LogP contribution in [0.5, 0.6) is 5.75 Å². The Morgan fingerprint density at radius 3 is 2.48 bits per heavy atom. The van der Waals surface area contributed by atoms with Gasteiger partial charge in [0.25, 0.3) is 0 Å². The van der Waals surface area contributed by atoms with E-state index in [2.05, 4.69) is 5.32 Å². The first-order chi connectivity index (χ1) is 10.8. The Hall–Kier alpha value is -2.04. The molecule has 0 radical (unpaired) electrons. The van der Waals surface area contributed by atoms with Crippen LogP contribution in [0.2, 0.25) is 0 Å². The number of carbonyl (C=O) groups excluding carboxylic acids is 1. The molecular formula is C18H20ClNO3. The van der Waals surface area contributed by atoms with Crippen LogP contribution in [0.25, 0.3) is 0 Å². The molecule has 1 aliphatic heterocycles. The van der Waals surface area contributed by atoms with Gasteiger partial charge in [0.1, 0.15) is 18.5 Å². The average Bonchev–Trinajstić information content (AvgIpc) is 3.07. The molecule has 3 rings (SSSR count). The summed E-state index contributed by atoms with van der Waals surface area (Å²) in [7, 11) is 0. The van der Waals surface area contributed by atoms with E-state index in [0.29, 0.717) is 5.56 Å². The molecule has 0 spiro atoms. The van der Waals surface area contributed by atoms with E-state index in [1.54, 1.807) is 12.1 Å². The lowest BCUT2D eigenvalue weighted by Gasteiger charge is -2.12. The molecule has 1 atom stereocenters. The Morgan fingerprint density at radius 2 is 1.83 bits per heavy atom. The standard InChI is InChI=1S/C18H19NO3.ClH/c20-18(21-13-14-4-2-1-3-5-14)15-6-8-16(9-7-15)22-17-10-11-19-12-17;/h1-9,17,19H,10-13H2;1H. The van der Waals surface area contributed by atoms with Gasteiger partial charge in [0.2, 0.25) is 0 Å². The predicted octanol–water partition coefficient (Wildman–Crippen LogP) is 3.21. The fraction of sp³-hybridized carbons (Fsp3) is 0.278. The van der Waals surface area contributed by atoms with Gasteiger partial charge < -0.3 is 14.8 Å². The monoisotopic (exact) mass is 333 g/mol. The molecule has 1 unspecified atom stereocenters. The van der Waals surface area contributed by atoms with Gasteiger partial charge in [0, 0.05) is 6.54 Å². The number of rotatable bonds is 5. The van der Waals surface area contributed by atoms with Gasteiger partial charge in [0.05, 0.1) is 5.56 Å². The maximum atomic E-state index is 12.0. The molecular weight excluding hydrogens is 314 g/mol. The molecule has 4 nitrogen and oxygen atoms in total. The van der Waals surface area contributed by atoms with E-state index in [0.717, 1.165) is 30.8 Å². The molecule has 1 N–H and O–H groups in total. The lowest BCUT2D eigenvalue weighted by molar-refractivity contribution is 0.0472. The molecule has 1 fully saturated rings. The number of halogens is 1. The van der Waals surface area contributed by atoms with E-state index < -0.39 is 0 Å². The maximum absolute atomic E-state index is 12.0. The van der Waals surface area contributed by atoms with Crippen molar-refractivity contribution < 1.29 is 14.3 Å². The summed E-state index contributed by atoms with van der Waals surface area (Å²) < 4.78 is 11.1. The molecule has 1 heterocycles. The molecule has 2 aromatic carbocycles. The van der Waals surface area contributed by atoms with Crippen molar-refractivity contribution in [1.29, 1.82) is 0 Å². The number of hydrogen-bond acceptors (Lipinski definition) is 4. The molecule has 2 aromatic rings. The van der Waals surface area contributed by atoms with Crippen LogP contribution in [0.4, 0.5) is 0 Å². The third-order valence-electron chi connectivity index (χ3n) is 3.62. The largest absolute Gasteiger partial charge is 0.489 e. The Balaban J connectivity index is 0.00000192. The van der Waals surface area contributed by atoms with Gasteiger partial charge in [0.15, 0.2) is 0 Å². The van der Waals surface area contributed by atoms with Crippen LogP contribution in [0.3, 0.4) is 0 Å². The van der Waals surface area contributed by atoms with Crippen LogP contribution in [-0.2, 0) is 11.3 Å². The summed E-state index contributed by atoms with van der Waals surface area (Å²) in [5, 5.41) is 3.26. The summed E-state index contributed by atoms with van der Waals surface area (Å²) in [6.07, 6.45) is 1.23. The summed E-state index contributed by atoms with van der Waals surface area (Å²) in [5.74, 6) is 0.464. The first kappa shape index (κ1) is 17.3. The van der Waals surface area contributed by atoms with Gasteiger partial charge in [-0.3, -0.25) is 0 Å². The quantitative estimate of drug-likeness (QED) is 0.854. The maximum Gasteiger partial charge on any atom is 0.338 e. The van der Waals surface area contributed by atoms with Crippen LogP contribution >= 0.6 is 12.4 Å². The first-order valence-corrected chi connectivity index (χ1v) is 7.50. The van der Waals surface area contributed by atoms with E-state index in [4.69, 9.17) is 9.47 Å².